The second kappa shape index (κ2) is 14.9. The Kier molecular flexibility index (Phi) is 11.1. The Labute approximate surface area is 263 Å². The monoisotopic (exact) mass is 633 g/mol. The highest BCUT2D eigenvalue weighted by Crippen LogP contribution is 2.26. The molecule has 0 spiro atoms. The van der Waals surface area contributed by atoms with Gasteiger partial charge in [0, 0.05) is 24.6 Å². The molecule has 4 rings (SSSR count). The molecule has 2 atom stereocenters. The largest absolute Gasteiger partial charge is 0.352 e. The molecule has 7 nitrogen and oxygen atoms in total. The standard InChI is InChI=1S/C35H37F2N3O4S/c1-4-26(3)38-35(42)33(22-27-10-6-5-7-11-27)39(23-28-12-8-9-13-32(28)37)34(41)24-40(30-18-16-29(36)17-19-30)45(43,44)31-20-14-25(2)15-21-31/h5-21,26,33H,4,22-24H2,1-3H3,(H,38,42)/t26-,33-/m1/s1. The lowest BCUT2D eigenvalue weighted by Crippen LogP contribution is -2.54. The van der Waals surface area contributed by atoms with E-state index < -0.39 is 46.1 Å². The average Bonchev–Trinajstić information content (AvgIpc) is 3.03. The number of hydrogen-bond donors (Lipinski definition) is 1. The minimum absolute atomic E-state index is 0.0554. The molecule has 2 amide bonds. The predicted molar refractivity (Wildman–Crippen MR) is 171 cm³/mol. The zero-order valence-electron chi connectivity index (χ0n) is 25.5. The van der Waals surface area contributed by atoms with Crippen molar-refractivity contribution in [3.63, 3.8) is 0 Å². The first-order valence-electron chi connectivity index (χ1n) is 14.7. The van der Waals surface area contributed by atoms with Gasteiger partial charge < -0.3 is 10.2 Å². The molecule has 0 heterocycles. The summed E-state index contributed by atoms with van der Waals surface area (Å²) in [4.78, 5) is 29.3. The number of aryl methyl sites for hydroxylation is 1. The molecular formula is C35H37F2N3O4S. The lowest BCUT2D eigenvalue weighted by Gasteiger charge is -2.34. The summed E-state index contributed by atoms with van der Waals surface area (Å²) in [5.74, 6) is -2.34. The van der Waals surface area contributed by atoms with Gasteiger partial charge in [0.1, 0.15) is 24.2 Å². The number of nitrogens with zero attached hydrogens (tertiary/aromatic N) is 2. The van der Waals surface area contributed by atoms with Gasteiger partial charge in [-0.1, -0.05) is 73.2 Å². The van der Waals surface area contributed by atoms with Crippen LogP contribution in [0.25, 0.3) is 0 Å². The van der Waals surface area contributed by atoms with Crippen LogP contribution < -0.4 is 9.62 Å². The average molecular weight is 634 g/mol. The highest BCUT2D eigenvalue weighted by atomic mass is 32.2. The summed E-state index contributed by atoms with van der Waals surface area (Å²) in [6.07, 6.45) is 0.739. The van der Waals surface area contributed by atoms with E-state index in [1.54, 1.807) is 18.2 Å². The van der Waals surface area contributed by atoms with E-state index in [4.69, 9.17) is 0 Å². The molecule has 0 aliphatic carbocycles. The zero-order chi connectivity index (χ0) is 32.6. The van der Waals surface area contributed by atoms with Crippen molar-refractivity contribution in [2.75, 3.05) is 10.8 Å². The summed E-state index contributed by atoms with van der Waals surface area (Å²) >= 11 is 0. The molecule has 0 aliphatic rings. The van der Waals surface area contributed by atoms with E-state index in [1.165, 1.54) is 47.4 Å². The van der Waals surface area contributed by atoms with Crippen molar-refractivity contribution in [3.05, 3.63) is 131 Å². The summed E-state index contributed by atoms with van der Waals surface area (Å²) in [5, 5.41) is 2.94. The third kappa shape index (κ3) is 8.54. The maximum absolute atomic E-state index is 15.0. The van der Waals surface area contributed by atoms with Crippen LogP contribution >= 0.6 is 0 Å². The first kappa shape index (κ1) is 33.3. The van der Waals surface area contributed by atoms with Crippen LogP contribution in [0.4, 0.5) is 14.5 Å². The molecule has 4 aromatic rings. The van der Waals surface area contributed by atoms with Crippen LogP contribution in [0.5, 0.6) is 0 Å². The topological polar surface area (TPSA) is 86.8 Å². The number of carbonyl (C=O) groups excluding carboxylic acids is 2. The van der Waals surface area contributed by atoms with Crippen LogP contribution in [-0.4, -0.2) is 43.8 Å². The van der Waals surface area contributed by atoms with Gasteiger partial charge in [-0.25, -0.2) is 17.2 Å². The van der Waals surface area contributed by atoms with E-state index in [-0.39, 0.29) is 35.2 Å². The fourth-order valence-electron chi connectivity index (χ4n) is 4.78. The van der Waals surface area contributed by atoms with E-state index in [1.807, 2.05) is 51.1 Å². The summed E-state index contributed by atoms with van der Waals surface area (Å²) < 4.78 is 57.8. The fraction of sp³-hybridized carbons (Fsp3) is 0.257. The maximum Gasteiger partial charge on any atom is 0.264 e. The van der Waals surface area contributed by atoms with Crippen LogP contribution in [0.2, 0.25) is 0 Å². The highest BCUT2D eigenvalue weighted by Gasteiger charge is 2.35. The van der Waals surface area contributed by atoms with E-state index >= 15 is 0 Å². The Morgan fingerprint density at radius 3 is 2.09 bits per heavy atom. The molecule has 45 heavy (non-hydrogen) atoms. The molecule has 0 bridgehead atoms. The Morgan fingerprint density at radius 1 is 0.844 bits per heavy atom. The smallest absolute Gasteiger partial charge is 0.264 e. The molecule has 10 heteroatoms. The Balaban J connectivity index is 1.81. The number of amides is 2. The van der Waals surface area contributed by atoms with E-state index in [2.05, 4.69) is 5.32 Å². The summed E-state index contributed by atoms with van der Waals surface area (Å²) in [7, 11) is -4.33. The Bertz CT molecular complexity index is 1700. The molecule has 0 radical (unpaired) electrons. The number of benzene rings is 4. The van der Waals surface area contributed by atoms with Gasteiger partial charge in [0.15, 0.2) is 0 Å². The normalized spacial score (nSPS) is 12.6. The Hall–Kier alpha value is -4.57. The molecule has 0 saturated heterocycles. The molecule has 4 aromatic carbocycles. The molecule has 0 aromatic heterocycles. The van der Waals surface area contributed by atoms with Gasteiger partial charge in [-0.15, -0.1) is 0 Å². The van der Waals surface area contributed by atoms with Gasteiger partial charge in [-0.05, 0) is 68.3 Å². The van der Waals surface area contributed by atoms with Crippen molar-refractivity contribution in [3.8, 4) is 0 Å². The first-order chi connectivity index (χ1) is 21.5. The minimum atomic E-state index is -4.33. The third-order valence-corrected chi connectivity index (χ3v) is 9.36. The molecular weight excluding hydrogens is 596 g/mol. The van der Waals surface area contributed by atoms with Gasteiger partial charge in [-0.2, -0.15) is 0 Å². The summed E-state index contributed by atoms with van der Waals surface area (Å²) in [5.41, 5.74) is 1.82. The molecule has 0 aliphatic heterocycles. The number of hydrogen-bond acceptors (Lipinski definition) is 4. The molecule has 236 valence electrons. The van der Waals surface area contributed by atoms with Crippen LogP contribution in [0.1, 0.15) is 37.0 Å². The lowest BCUT2D eigenvalue weighted by atomic mass is 10.0. The van der Waals surface area contributed by atoms with Crippen molar-refractivity contribution in [2.45, 2.75) is 57.1 Å². The summed E-state index contributed by atoms with van der Waals surface area (Å²) in [6.45, 7) is 4.55. The lowest BCUT2D eigenvalue weighted by molar-refractivity contribution is -0.140. The van der Waals surface area contributed by atoms with Crippen LogP contribution in [0.15, 0.2) is 108 Å². The maximum atomic E-state index is 15.0. The Morgan fingerprint density at radius 2 is 1.47 bits per heavy atom. The molecule has 0 unspecified atom stereocenters. The number of halogens is 2. The van der Waals surface area contributed by atoms with Gasteiger partial charge in [0.25, 0.3) is 10.0 Å². The summed E-state index contributed by atoms with van der Waals surface area (Å²) in [6, 6.07) is 24.6. The second-order valence-electron chi connectivity index (χ2n) is 10.9. The number of carbonyl (C=O) groups is 2. The van der Waals surface area contributed by atoms with Crippen molar-refractivity contribution >= 4 is 27.5 Å². The van der Waals surface area contributed by atoms with Crippen molar-refractivity contribution < 1.29 is 26.8 Å². The quantitative estimate of drug-likeness (QED) is 0.195. The minimum Gasteiger partial charge on any atom is -0.352 e. The zero-order valence-corrected chi connectivity index (χ0v) is 26.3. The van der Waals surface area contributed by atoms with Crippen LogP contribution in [-0.2, 0) is 32.6 Å². The van der Waals surface area contributed by atoms with Gasteiger partial charge in [-0.3, -0.25) is 13.9 Å². The van der Waals surface area contributed by atoms with Crippen LogP contribution in [0.3, 0.4) is 0 Å². The first-order valence-corrected chi connectivity index (χ1v) is 16.2. The van der Waals surface area contributed by atoms with E-state index in [0.29, 0.717) is 6.42 Å². The second-order valence-corrected chi connectivity index (χ2v) is 12.8. The van der Waals surface area contributed by atoms with Gasteiger partial charge in [0.05, 0.1) is 10.6 Å². The van der Waals surface area contributed by atoms with Crippen LogP contribution in [0, 0.1) is 18.6 Å². The van der Waals surface area contributed by atoms with Gasteiger partial charge in [0.2, 0.25) is 11.8 Å². The van der Waals surface area contributed by atoms with Gasteiger partial charge >= 0.3 is 0 Å². The number of anilines is 1. The van der Waals surface area contributed by atoms with Crippen molar-refractivity contribution in [1.82, 2.24) is 10.2 Å². The SMILES string of the molecule is CC[C@@H](C)NC(=O)[C@@H](Cc1ccccc1)N(Cc1ccccc1F)C(=O)CN(c1ccc(F)cc1)S(=O)(=O)c1ccc(C)cc1. The molecule has 1 N–H and O–H groups in total. The highest BCUT2D eigenvalue weighted by molar-refractivity contribution is 7.92. The third-order valence-electron chi connectivity index (χ3n) is 7.57. The number of nitrogens with one attached hydrogen (secondary N) is 1. The predicted octanol–water partition coefficient (Wildman–Crippen LogP) is 6.02. The fourth-order valence-corrected chi connectivity index (χ4v) is 6.19. The number of rotatable bonds is 13. The molecule has 0 fully saturated rings. The van der Waals surface area contributed by atoms with Crippen molar-refractivity contribution in [1.29, 1.82) is 0 Å². The van der Waals surface area contributed by atoms with E-state index in [0.717, 1.165) is 27.6 Å². The number of sulfonamides is 1. The van der Waals surface area contributed by atoms with Crippen molar-refractivity contribution in [2.24, 2.45) is 0 Å². The molecule has 0 saturated carbocycles. The van der Waals surface area contributed by atoms with E-state index in [9.17, 15) is 26.8 Å².